The Hall–Kier alpha value is -1.04. The topological polar surface area (TPSA) is 0 Å². The van der Waals surface area contributed by atoms with Crippen LogP contribution in [0.15, 0.2) is 36.4 Å². The van der Waals surface area contributed by atoms with E-state index in [0.717, 1.165) is 6.42 Å². The summed E-state index contributed by atoms with van der Waals surface area (Å²) >= 11 is 0. The van der Waals surface area contributed by atoms with Crippen LogP contribution in [0.5, 0.6) is 0 Å². The third-order valence-electron chi connectivity index (χ3n) is 1.88. The molecule has 1 aromatic carbocycles. The molecular formula is C12H15. The van der Waals surface area contributed by atoms with Gasteiger partial charge in [0.2, 0.25) is 0 Å². The van der Waals surface area contributed by atoms with Crippen LogP contribution >= 0.6 is 0 Å². The van der Waals surface area contributed by atoms with Crippen molar-refractivity contribution in [3.8, 4) is 0 Å². The van der Waals surface area contributed by atoms with Gasteiger partial charge in [-0.1, -0.05) is 49.4 Å². The van der Waals surface area contributed by atoms with Crippen molar-refractivity contribution >= 4 is 6.08 Å². The van der Waals surface area contributed by atoms with Gasteiger partial charge in [-0.15, -0.1) is 0 Å². The molecule has 0 spiro atoms. The number of hydrogen-bond donors (Lipinski definition) is 0. The van der Waals surface area contributed by atoms with Gasteiger partial charge >= 0.3 is 0 Å². The lowest BCUT2D eigenvalue weighted by atomic mass is 10.1. The molecule has 0 aliphatic rings. The van der Waals surface area contributed by atoms with Crippen LogP contribution in [0.2, 0.25) is 0 Å². The SMILES string of the molecule is [CH2]C(C=Cc1ccccc1)CC. The van der Waals surface area contributed by atoms with Crippen LogP contribution < -0.4 is 0 Å². The fraction of sp³-hybridized carbons (Fsp3) is 0.250. The van der Waals surface area contributed by atoms with Gasteiger partial charge in [-0.3, -0.25) is 0 Å². The molecule has 0 bridgehead atoms. The smallest absolute Gasteiger partial charge is 0.0233 e. The highest BCUT2D eigenvalue weighted by atomic mass is 14.0. The van der Waals surface area contributed by atoms with Crippen LogP contribution in [0, 0.1) is 12.8 Å². The monoisotopic (exact) mass is 159 g/mol. The van der Waals surface area contributed by atoms with Gasteiger partial charge < -0.3 is 0 Å². The Kier molecular flexibility index (Phi) is 3.59. The lowest BCUT2D eigenvalue weighted by Gasteiger charge is -1.98. The van der Waals surface area contributed by atoms with Crippen LogP contribution in [-0.2, 0) is 0 Å². The van der Waals surface area contributed by atoms with Gasteiger partial charge in [-0.25, -0.2) is 0 Å². The van der Waals surface area contributed by atoms with Crippen LogP contribution in [0.4, 0.5) is 0 Å². The molecule has 0 saturated carbocycles. The van der Waals surface area contributed by atoms with E-state index in [0.29, 0.717) is 5.92 Å². The fourth-order valence-corrected chi connectivity index (χ4v) is 0.947. The Morgan fingerprint density at radius 1 is 1.33 bits per heavy atom. The van der Waals surface area contributed by atoms with Crippen molar-refractivity contribution in [3.05, 3.63) is 48.9 Å². The quantitative estimate of drug-likeness (QED) is 0.632. The first-order valence-corrected chi connectivity index (χ1v) is 4.39. The summed E-state index contributed by atoms with van der Waals surface area (Å²) in [7, 11) is 0. The fourth-order valence-electron chi connectivity index (χ4n) is 0.947. The summed E-state index contributed by atoms with van der Waals surface area (Å²) in [5, 5.41) is 0. The summed E-state index contributed by atoms with van der Waals surface area (Å²) in [4.78, 5) is 0. The molecule has 1 unspecified atom stereocenters. The van der Waals surface area contributed by atoms with Crippen molar-refractivity contribution in [1.82, 2.24) is 0 Å². The second kappa shape index (κ2) is 4.76. The second-order valence-electron chi connectivity index (χ2n) is 2.94. The van der Waals surface area contributed by atoms with E-state index in [2.05, 4.69) is 38.1 Å². The van der Waals surface area contributed by atoms with E-state index in [1.54, 1.807) is 0 Å². The lowest BCUT2D eigenvalue weighted by molar-refractivity contribution is 0.773. The Morgan fingerprint density at radius 3 is 2.58 bits per heavy atom. The first kappa shape index (κ1) is 9.05. The maximum Gasteiger partial charge on any atom is -0.0233 e. The molecule has 1 aromatic rings. The highest BCUT2D eigenvalue weighted by Gasteiger charge is 1.90. The Bertz CT molecular complexity index is 233. The number of rotatable bonds is 3. The van der Waals surface area contributed by atoms with Gasteiger partial charge in [0.15, 0.2) is 0 Å². The van der Waals surface area contributed by atoms with E-state index in [9.17, 15) is 0 Å². The van der Waals surface area contributed by atoms with Crippen molar-refractivity contribution in [3.63, 3.8) is 0 Å². The third-order valence-corrected chi connectivity index (χ3v) is 1.88. The van der Waals surface area contributed by atoms with Gasteiger partial charge in [0.05, 0.1) is 0 Å². The predicted molar refractivity (Wildman–Crippen MR) is 54.6 cm³/mol. The van der Waals surface area contributed by atoms with E-state index in [1.165, 1.54) is 5.56 Å². The Morgan fingerprint density at radius 2 is 2.00 bits per heavy atom. The van der Waals surface area contributed by atoms with Crippen molar-refractivity contribution in [2.75, 3.05) is 0 Å². The first-order valence-electron chi connectivity index (χ1n) is 4.39. The van der Waals surface area contributed by atoms with Crippen LogP contribution in [0.3, 0.4) is 0 Å². The van der Waals surface area contributed by atoms with Crippen LogP contribution in [0.25, 0.3) is 6.08 Å². The van der Waals surface area contributed by atoms with E-state index in [1.807, 2.05) is 18.2 Å². The molecular weight excluding hydrogens is 144 g/mol. The summed E-state index contributed by atoms with van der Waals surface area (Å²) in [5.41, 5.74) is 1.25. The van der Waals surface area contributed by atoms with Gasteiger partial charge in [-0.2, -0.15) is 0 Å². The van der Waals surface area contributed by atoms with E-state index >= 15 is 0 Å². The minimum Gasteiger partial charge on any atom is -0.0808 e. The molecule has 1 atom stereocenters. The molecule has 1 radical (unpaired) electrons. The summed E-state index contributed by atoms with van der Waals surface area (Å²) in [6.07, 6.45) is 5.37. The van der Waals surface area contributed by atoms with Gasteiger partial charge in [0, 0.05) is 0 Å². The normalized spacial score (nSPS) is 13.5. The molecule has 0 nitrogen and oxygen atoms in total. The summed E-state index contributed by atoms with van der Waals surface area (Å²) < 4.78 is 0. The average molecular weight is 159 g/mol. The van der Waals surface area contributed by atoms with Crippen LogP contribution in [-0.4, -0.2) is 0 Å². The average Bonchev–Trinajstić information content (AvgIpc) is 2.16. The minimum atomic E-state index is 0.435. The highest BCUT2D eigenvalue weighted by Crippen LogP contribution is 2.06. The summed E-state index contributed by atoms with van der Waals surface area (Å²) in [6.45, 7) is 6.13. The largest absolute Gasteiger partial charge is 0.0808 e. The van der Waals surface area contributed by atoms with Crippen molar-refractivity contribution in [2.45, 2.75) is 13.3 Å². The molecule has 1 rings (SSSR count). The molecule has 0 aliphatic carbocycles. The van der Waals surface area contributed by atoms with Crippen molar-refractivity contribution < 1.29 is 0 Å². The summed E-state index contributed by atoms with van der Waals surface area (Å²) in [6, 6.07) is 10.3. The zero-order chi connectivity index (χ0) is 8.81. The summed E-state index contributed by atoms with van der Waals surface area (Å²) in [5.74, 6) is 0.435. The standard InChI is InChI=1S/C12H15/c1-3-11(2)9-10-12-7-5-4-6-8-12/h4-11H,2-3H2,1H3. The van der Waals surface area contributed by atoms with Gasteiger partial charge in [0.1, 0.15) is 0 Å². The maximum atomic E-state index is 3.98. The zero-order valence-electron chi connectivity index (χ0n) is 7.53. The lowest BCUT2D eigenvalue weighted by Crippen LogP contribution is -1.84. The van der Waals surface area contributed by atoms with Crippen molar-refractivity contribution in [2.24, 2.45) is 5.92 Å². The zero-order valence-corrected chi connectivity index (χ0v) is 7.53. The molecule has 0 fully saturated rings. The molecule has 0 saturated heterocycles. The Labute approximate surface area is 74.9 Å². The Balaban J connectivity index is 2.58. The molecule has 0 amide bonds. The molecule has 63 valence electrons. The number of hydrogen-bond acceptors (Lipinski definition) is 0. The molecule has 0 aromatic heterocycles. The van der Waals surface area contributed by atoms with E-state index in [-0.39, 0.29) is 0 Å². The molecule has 0 N–H and O–H groups in total. The third kappa shape index (κ3) is 2.91. The molecule has 0 aliphatic heterocycles. The minimum absolute atomic E-state index is 0.435. The number of benzene rings is 1. The van der Waals surface area contributed by atoms with Gasteiger partial charge in [0.25, 0.3) is 0 Å². The van der Waals surface area contributed by atoms with Crippen LogP contribution in [0.1, 0.15) is 18.9 Å². The van der Waals surface area contributed by atoms with E-state index in [4.69, 9.17) is 0 Å². The molecule has 0 heteroatoms. The highest BCUT2D eigenvalue weighted by molar-refractivity contribution is 5.48. The first-order chi connectivity index (χ1) is 5.83. The van der Waals surface area contributed by atoms with Crippen molar-refractivity contribution in [1.29, 1.82) is 0 Å². The number of allylic oxidation sites excluding steroid dienone is 1. The maximum absolute atomic E-state index is 3.98. The van der Waals surface area contributed by atoms with Gasteiger partial charge in [-0.05, 0) is 24.8 Å². The second-order valence-corrected chi connectivity index (χ2v) is 2.94. The molecule has 12 heavy (non-hydrogen) atoms. The van der Waals surface area contributed by atoms with E-state index < -0.39 is 0 Å². The molecule has 0 heterocycles. The predicted octanol–water partition coefficient (Wildman–Crippen LogP) is 3.56.